The maximum Gasteiger partial charge on any atom is 0.321 e. The molecule has 158 valence electrons. The quantitative estimate of drug-likeness (QED) is 0.769. The molecule has 4 rings (SSSR count). The lowest BCUT2D eigenvalue weighted by Gasteiger charge is -2.19. The third kappa shape index (κ3) is 5.19. The molecule has 3 amide bonds. The van der Waals surface area contributed by atoms with E-state index in [2.05, 4.69) is 10.6 Å². The number of urea groups is 1. The molecule has 2 aromatic rings. The molecule has 0 bridgehead atoms. The van der Waals surface area contributed by atoms with Crippen LogP contribution in [0.4, 0.5) is 10.5 Å². The van der Waals surface area contributed by atoms with Gasteiger partial charge in [-0.3, -0.25) is 4.79 Å². The fraction of sp³-hybridized carbons (Fsp3) is 0.417. The Balaban J connectivity index is 1.23. The largest absolute Gasteiger partial charge is 0.381 e. The summed E-state index contributed by atoms with van der Waals surface area (Å²) in [5.74, 6) is 1.02. The van der Waals surface area contributed by atoms with Gasteiger partial charge >= 0.3 is 6.03 Å². The summed E-state index contributed by atoms with van der Waals surface area (Å²) in [4.78, 5) is 26.8. The van der Waals surface area contributed by atoms with E-state index >= 15 is 0 Å². The van der Waals surface area contributed by atoms with Crippen molar-refractivity contribution in [1.82, 2.24) is 10.2 Å². The van der Waals surface area contributed by atoms with Crippen LogP contribution in [0.5, 0.6) is 0 Å². The van der Waals surface area contributed by atoms with Crippen LogP contribution in [0.15, 0.2) is 54.6 Å². The fourth-order valence-electron chi connectivity index (χ4n) is 4.26. The minimum Gasteiger partial charge on any atom is -0.381 e. The summed E-state index contributed by atoms with van der Waals surface area (Å²) in [6.07, 6.45) is 2.95. The van der Waals surface area contributed by atoms with Gasteiger partial charge in [-0.15, -0.1) is 0 Å². The minimum absolute atomic E-state index is 0.0727. The maximum absolute atomic E-state index is 12.6. The molecule has 6 heteroatoms. The summed E-state index contributed by atoms with van der Waals surface area (Å²) in [6.45, 7) is 3.84. The standard InChI is InChI=1S/C24H29N3O3/c28-23(25-13-10-18-4-2-1-3-5-18)19-6-8-22(9-7-19)26-24(29)27-14-11-20(16-27)21-12-15-30-17-21/h1-9,20-21H,10-17H2,(H,25,28)(H,26,29). The zero-order valence-corrected chi connectivity index (χ0v) is 17.2. The molecule has 0 radical (unpaired) electrons. The Morgan fingerprint density at radius 3 is 2.53 bits per heavy atom. The number of carbonyl (C=O) groups is 2. The molecule has 0 spiro atoms. The Morgan fingerprint density at radius 1 is 1.00 bits per heavy atom. The van der Waals surface area contributed by atoms with E-state index < -0.39 is 0 Å². The molecular formula is C24H29N3O3. The molecule has 2 aliphatic heterocycles. The number of benzene rings is 2. The molecule has 30 heavy (non-hydrogen) atoms. The van der Waals surface area contributed by atoms with Crippen molar-refractivity contribution in [2.75, 3.05) is 38.2 Å². The molecule has 2 aromatic carbocycles. The number of nitrogens with one attached hydrogen (secondary N) is 2. The van der Waals surface area contributed by atoms with E-state index in [4.69, 9.17) is 4.74 Å². The average Bonchev–Trinajstić information content (AvgIpc) is 3.47. The van der Waals surface area contributed by atoms with Crippen molar-refractivity contribution in [3.8, 4) is 0 Å². The van der Waals surface area contributed by atoms with Crippen molar-refractivity contribution >= 4 is 17.6 Å². The van der Waals surface area contributed by atoms with Crippen LogP contribution in [-0.4, -0.2) is 49.7 Å². The second-order valence-electron chi connectivity index (χ2n) is 8.12. The number of hydrogen-bond donors (Lipinski definition) is 2. The first-order chi connectivity index (χ1) is 14.7. The normalized spacial score (nSPS) is 20.9. The number of carbonyl (C=O) groups excluding carboxylic acids is 2. The molecule has 6 nitrogen and oxygen atoms in total. The first-order valence-electron chi connectivity index (χ1n) is 10.7. The summed E-state index contributed by atoms with van der Waals surface area (Å²) >= 11 is 0. The Kier molecular flexibility index (Phi) is 6.64. The number of anilines is 1. The van der Waals surface area contributed by atoms with E-state index in [1.165, 1.54) is 5.56 Å². The summed E-state index contributed by atoms with van der Waals surface area (Å²) in [5.41, 5.74) is 2.48. The Labute approximate surface area is 177 Å². The van der Waals surface area contributed by atoms with Crippen molar-refractivity contribution < 1.29 is 14.3 Å². The zero-order valence-electron chi connectivity index (χ0n) is 17.2. The van der Waals surface area contributed by atoms with E-state index in [1.807, 2.05) is 35.2 Å². The number of nitrogens with zero attached hydrogens (tertiary/aromatic N) is 1. The highest BCUT2D eigenvalue weighted by Gasteiger charge is 2.33. The molecule has 0 saturated carbocycles. The highest BCUT2D eigenvalue weighted by atomic mass is 16.5. The van der Waals surface area contributed by atoms with Gasteiger partial charge in [-0.05, 0) is 60.9 Å². The Morgan fingerprint density at radius 2 is 1.80 bits per heavy atom. The van der Waals surface area contributed by atoms with E-state index in [-0.39, 0.29) is 11.9 Å². The van der Waals surface area contributed by atoms with Gasteiger partial charge in [0.15, 0.2) is 0 Å². The molecule has 0 aromatic heterocycles. The SMILES string of the molecule is O=C(NCCc1ccccc1)c1ccc(NC(=O)N2CCC(C3CCOC3)C2)cc1. The first-order valence-corrected chi connectivity index (χ1v) is 10.7. The molecule has 2 heterocycles. The lowest BCUT2D eigenvalue weighted by Crippen LogP contribution is -2.33. The smallest absolute Gasteiger partial charge is 0.321 e. The molecule has 2 atom stereocenters. The van der Waals surface area contributed by atoms with Gasteiger partial charge in [-0.2, -0.15) is 0 Å². The van der Waals surface area contributed by atoms with E-state index in [0.717, 1.165) is 45.6 Å². The maximum atomic E-state index is 12.6. The lowest BCUT2D eigenvalue weighted by atomic mass is 9.91. The molecule has 0 aliphatic carbocycles. The van der Waals surface area contributed by atoms with Gasteiger partial charge in [0, 0.05) is 44.1 Å². The van der Waals surface area contributed by atoms with Crippen molar-refractivity contribution in [2.45, 2.75) is 19.3 Å². The summed E-state index contributed by atoms with van der Waals surface area (Å²) < 4.78 is 5.49. The monoisotopic (exact) mass is 407 g/mol. The van der Waals surface area contributed by atoms with Crippen LogP contribution < -0.4 is 10.6 Å². The van der Waals surface area contributed by atoms with Crippen LogP contribution in [0.3, 0.4) is 0 Å². The van der Waals surface area contributed by atoms with Crippen LogP contribution in [-0.2, 0) is 11.2 Å². The van der Waals surface area contributed by atoms with Gasteiger partial charge in [-0.25, -0.2) is 4.79 Å². The van der Waals surface area contributed by atoms with Crippen LogP contribution in [0.1, 0.15) is 28.8 Å². The fourth-order valence-corrected chi connectivity index (χ4v) is 4.26. The number of likely N-dealkylation sites (tertiary alicyclic amines) is 1. The van der Waals surface area contributed by atoms with Crippen LogP contribution in [0.25, 0.3) is 0 Å². The van der Waals surface area contributed by atoms with Gasteiger partial charge in [0.05, 0.1) is 0 Å². The van der Waals surface area contributed by atoms with Crippen LogP contribution in [0, 0.1) is 11.8 Å². The highest BCUT2D eigenvalue weighted by molar-refractivity contribution is 5.95. The van der Waals surface area contributed by atoms with Gasteiger partial charge in [-0.1, -0.05) is 30.3 Å². The van der Waals surface area contributed by atoms with Crippen molar-refractivity contribution in [3.05, 3.63) is 65.7 Å². The first kappa shape index (κ1) is 20.4. The Hall–Kier alpha value is -2.86. The number of amides is 3. The van der Waals surface area contributed by atoms with Gasteiger partial charge < -0.3 is 20.3 Å². The molecule has 2 N–H and O–H groups in total. The molecular weight excluding hydrogens is 378 g/mol. The summed E-state index contributed by atoms with van der Waals surface area (Å²) in [5, 5.41) is 5.89. The van der Waals surface area contributed by atoms with Gasteiger partial charge in [0.25, 0.3) is 5.91 Å². The van der Waals surface area contributed by atoms with Gasteiger partial charge in [0.1, 0.15) is 0 Å². The third-order valence-electron chi connectivity index (χ3n) is 6.08. The van der Waals surface area contributed by atoms with E-state index in [0.29, 0.717) is 29.6 Å². The second-order valence-corrected chi connectivity index (χ2v) is 8.12. The molecule has 2 aliphatic rings. The number of rotatable bonds is 6. The zero-order chi connectivity index (χ0) is 20.8. The van der Waals surface area contributed by atoms with Crippen molar-refractivity contribution in [1.29, 1.82) is 0 Å². The number of ether oxygens (including phenoxy) is 1. The summed E-state index contributed by atoms with van der Waals surface area (Å²) in [6, 6.07) is 17.1. The molecule has 2 saturated heterocycles. The Bertz CT molecular complexity index is 848. The minimum atomic E-state index is -0.107. The highest BCUT2D eigenvalue weighted by Crippen LogP contribution is 2.30. The molecule has 2 unspecified atom stereocenters. The van der Waals surface area contributed by atoms with Crippen LogP contribution >= 0.6 is 0 Å². The number of hydrogen-bond acceptors (Lipinski definition) is 3. The summed E-state index contributed by atoms with van der Waals surface area (Å²) in [7, 11) is 0. The second kappa shape index (κ2) is 9.76. The predicted molar refractivity (Wildman–Crippen MR) is 117 cm³/mol. The topological polar surface area (TPSA) is 70.7 Å². The predicted octanol–water partition coefficient (Wildman–Crippen LogP) is 3.55. The third-order valence-corrected chi connectivity index (χ3v) is 6.08. The lowest BCUT2D eigenvalue weighted by molar-refractivity contribution is 0.0954. The van der Waals surface area contributed by atoms with E-state index in [1.54, 1.807) is 24.3 Å². The van der Waals surface area contributed by atoms with Gasteiger partial charge in [0.2, 0.25) is 0 Å². The van der Waals surface area contributed by atoms with Crippen LogP contribution in [0.2, 0.25) is 0 Å². The van der Waals surface area contributed by atoms with E-state index in [9.17, 15) is 9.59 Å². The van der Waals surface area contributed by atoms with Crippen molar-refractivity contribution in [2.24, 2.45) is 11.8 Å². The van der Waals surface area contributed by atoms with Crippen molar-refractivity contribution in [3.63, 3.8) is 0 Å². The average molecular weight is 408 g/mol. The molecule has 2 fully saturated rings.